The number of aromatic nitrogens is 1. The molecule has 0 amide bonds. The summed E-state index contributed by atoms with van der Waals surface area (Å²) in [4.78, 5) is 7.40. The summed E-state index contributed by atoms with van der Waals surface area (Å²) in [6, 6.07) is 13.6. The molecule has 1 unspecified atom stereocenters. The normalized spacial score (nSPS) is 18.8. The number of hydrogen-bond acceptors (Lipinski definition) is 4. The van der Waals surface area contributed by atoms with Crippen molar-refractivity contribution >= 4 is 22.7 Å². The number of rotatable bonds is 4. The van der Waals surface area contributed by atoms with Crippen molar-refractivity contribution in [3.05, 3.63) is 63.8 Å². The Labute approximate surface area is 139 Å². The second-order valence-electron chi connectivity index (χ2n) is 5.70. The molecule has 2 nitrogen and oxygen atoms in total. The molecule has 1 saturated heterocycles. The summed E-state index contributed by atoms with van der Waals surface area (Å²) in [5.41, 5.74) is 3.89. The van der Waals surface area contributed by atoms with Gasteiger partial charge >= 0.3 is 0 Å². The van der Waals surface area contributed by atoms with Crippen LogP contribution in [0.4, 0.5) is 0 Å². The molecular weight excluding hydrogens is 308 g/mol. The highest BCUT2D eigenvalue weighted by molar-refractivity contribution is 7.14. The van der Waals surface area contributed by atoms with Crippen LogP contribution in [0.2, 0.25) is 0 Å². The molecule has 4 rings (SSSR count). The molecule has 1 aliphatic heterocycles. The highest BCUT2D eigenvalue weighted by Crippen LogP contribution is 2.34. The van der Waals surface area contributed by atoms with Crippen LogP contribution in [0, 0.1) is 0 Å². The van der Waals surface area contributed by atoms with E-state index in [0.717, 1.165) is 11.6 Å². The Hall–Kier alpha value is -1.49. The maximum absolute atomic E-state index is 4.83. The molecule has 0 N–H and O–H groups in total. The summed E-state index contributed by atoms with van der Waals surface area (Å²) in [5, 5.41) is 7.65. The van der Waals surface area contributed by atoms with E-state index in [2.05, 4.69) is 57.4 Å². The van der Waals surface area contributed by atoms with Crippen molar-refractivity contribution in [3.63, 3.8) is 0 Å². The second kappa shape index (κ2) is 6.32. The zero-order valence-corrected chi connectivity index (χ0v) is 13.9. The van der Waals surface area contributed by atoms with E-state index >= 15 is 0 Å². The second-order valence-corrected chi connectivity index (χ2v) is 7.33. The van der Waals surface area contributed by atoms with Crippen LogP contribution in [0.15, 0.2) is 52.5 Å². The Balaban J connectivity index is 1.51. The summed E-state index contributed by atoms with van der Waals surface area (Å²) in [7, 11) is 0. The minimum atomic E-state index is 0.549. The van der Waals surface area contributed by atoms with Gasteiger partial charge in [0.25, 0.3) is 0 Å². The maximum Gasteiger partial charge on any atom is 0.124 e. The molecule has 0 aliphatic carbocycles. The third-order valence-corrected chi connectivity index (χ3v) is 5.86. The third-order valence-electron chi connectivity index (χ3n) is 4.23. The van der Waals surface area contributed by atoms with Crippen molar-refractivity contribution in [2.24, 2.45) is 0 Å². The first-order chi connectivity index (χ1) is 10.9. The Morgan fingerprint density at radius 2 is 2.05 bits per heavy atom. The molecule has 0 saturated carbocycles. The smallest absolute Gasteiger partial charge is 0.124 e. The van der Waals surface area contributed by atoms with Gasteiger partial charge in [-0.1, -0.05) is 30.3 Å². The summed E-state index contributed by atoms with van der Waals surface area (Å²) in [6.07, 6.45) is 2.53. The first-order valence-electron chi connectivity index (χ1n) is 7.66. The fourth-order valence-corrected chi connectivity index (χ4v) is 4.70. The highest BCUT2D eigenvalue weighted by Gasteiger charge is 2.26. The quantitative estimate of drug-likeness (QED) is 0.654. The Morgan fingerprint density at radius 3 is 2.86 bits per heavy atom. The molecular formula is C18H18N2S2. The molecule has 0 spiro atoms. The van der Waals surface area contributed by atoms with Crippen LogP contribution < -0.4 is 0 Å². The van der Waals surface area contributed by atoms with Gasteiger partial charge in [0.2, 0.25) is 0 Å². The average molecular weight is 326 g/mol. The first-order valence-corrected chi connectivity index (χ1v) is 9.48. The molecule has 4 heteroatoms. The molecule has 1 atom stereocenters. The Bertz CT molecular complexity index is 719. The summed E-state index contributed by atoms with van der Waals surface area (Å²) in [6.45, 7) is 2.13. The summed E-state index contributed by atoms with van der Waals surface area (Å²) >= 11 is 3.49. The predicted octanol–water partition coefficient (Wildman–Crippen LogP) is 5.21. The highest BCUT2D eigenvalue weighted by atomic mass is 32.1. The van der Waals surface area contributed by atoms with E-state index < -0.39 is 0 Å². The molecule has 0 radical (unpaired) electrons. The van der Waals surface area contributed by atoms with E-state index in [1.807, 2.05) is 0 Å². The molecule has 3 heterocycles. The van der Waals surface area contributed by atoms with Gasteiger partial charge in [-0.25, -0.2) is 4.98 Å². The van der Waals surface area contributed by atoms with E-state index in [4.69, 9.17) is 4.98 Å². The fraction of sp³-hybridized carbons (Fsp3) is 0.278. The topological polar surface area (TPSA) is 16.1 Å². The van der Waals surface area contributed by atoms with Crippen molar-refractivity contribution in [3.8, 4) is 10.6 Å². The van der Waals surface area contributed by atoms with Crippen molar-refractivity contribution in [2.45, 2.75) is 25.4 Å². The van der Waals surface area contributed by atoms with Gasteiger partial charge in [0.05, 0.1) is 5.69 Å². The molecule has 1 fully saturated rings. The van der Waals surface area contributed by atoms with Crippen LogP contribution in [-0.4, -0.2) is 16.4 Å². The van der Waals surface area contributed by atoms with Gasteiger partial charge in [-0.05, 0) is 36.4 Å². The van der Waals surface area contributed by atoms with E-state index in [1.165, 1.54) is 36.2 Å². The molecule has 1 aromatic carbocycles. The van der Waals surface area contributed by atoms with Gasteiger partial charge < -0.3 is 0 Å². The van der Waals surface area contributed by atoms with E-state index in [-0.39, 0.29) is 0 Å². The van der Waals surface area contributed by atoms with Crippen LogP contribution in [0.5, 0.6) is 0 Å². The lowest BCUT2D eigenvalue weighted by atomic mass is 10.0. The van der Waals surface area contributed by atoms with Crippen molar-refractivity contribution < 1.29 is 0 Å². The minimum absolute atomic E-state index is 0.549. The van der Waals surface area contributed by atoms with Gasteiger partial charge in [0.15, 0.2) is 0 Å². The van der Waals surface area contributed by atoms with E-state index in [9.17, 15) is 0 Å². The summed E-state index contributed by atoms with van der Waals surface area (Å²) < 4.78 is 0. The minimum Gasteiger partial charge on any atom is -0.290 e. The lowest BCUT2D eigenvalue weighted by Crippen LogP contribution is -2.22. The Morgan fingerprint density at radius 1 is 1.14 bits per heavy atom. The lowest BCUT2D eigenvalue weighted by Gasteiger charge is -2.23. The number of nitrogens with zero attached hydrogens (tertiary/aromatic N) is 2. The molecule has 2 aromatic heterocycles. The monoisotopic (exact) mass is 326 g/mol. The summed E-state index contributed by atoms with van der Waals surface area (Å²) in [5.74, 6) is 0. The SMILES string of the molecule is c1ccc(C2CCCN2Cc2csc(-c3ccsc3)n2)cc1. The van der Waals surface area contributed by atoms with Gasteiger partial charge in [0, 0.05) is 28.9 Å². The zero-order chi connectivity index (χ0) is 14.8. The van der Waals surface area contributed by atoms with Crippen molar-refractivity contribution in [1.82, 2.24) is 9.88 Å². The number of hydrogen-bond donors (Lipinski definition) is 0. The number of benzene rings is 1. The molecule has 22 heavy (non-hydrogen) atoms. The van der Waals surface area contributed by atoms with Crippen LogP contribution in [0.3, 0.4) is 0 Å². The van der Waals surface area contributed by atoms with Crippen LogP contribution in [-0.2, 0) is 6.54 Å². The van der Waals surface area contributed by atoms with E-state index in [1.54, 1.807) is 22.7 Å². The van der Waals surface area contributed by atoms with Crippen molar-refractivity contribution in [2.75, 3.05) is 6.54 Å². The van der Waals surface area contributed by atoms with Gasteiger partial charge in [-0.2, -0.15) is 11.3 Å². The van der Waals surface area contributed by atoms with Crippen molar-refractivity contribution in [1.29, 1.82) is 0 Å². The van der Waals surface area contributed by atoms with Gasteiger partial charge in [0.1, 0.15) is 5.01 Å². The van der Waals surface area contributed by atoms with Crippen LogP contribution >= 0.6 is 22.7 Å². The predicted molar refractivity (Wildman–Crippen MR) is 94.3 cm³/mol. The molecule has 3 aromatic rings. The number of thiophene rings is 1. The fourth-order valence-electron chi connectivity index (χ4n) is 3.17. The Kier molecular flexibility index (Phi) is 4.06. The molecule has 0 bridgehead atoms. The first kappa shape index (κ1) is 14.1. The largest absolute Gasteiger partial charge is 0.290 e. The van der Waals surface area contributed by atoms with Crippen LogP contribution in [0.25, 0.3) is 10.6 Å². The zero-order valence-electron chi connectivity index (χ0n) is 12.3. The number of thiazole rings is 1. The average Bonchev–Trinajstić information content (AvgIpc) is 3.30. The van der Waals surface area contributed by atoms with E-state index in [0.29, 0.717) is 6.04 Å². The van der Waals surface area contributed by atoms with Crippen LogP contribution in [0.1, 0.15) is 30.1 Å². The molecule has 112 valence electrons. The number of likely N-dealkylation sites (tertiary alicyclic amines) is 1. The molecule has 1 aliphatic rings. The maximum atomic E-state index is 4.83. The van der Waals surface area contributed by atoms with Gasteiger partial charge in [-0.15, -0.1) is 11.3 Å². The third kappa shape index (κ3) is 2.86. The van der Waals surface area contributed by atoms with Gasteiger partial charge in [-0.3, -0.25) is 4.90 Å². The lowest BCUT2D eigenvalue weighted by molar-refractivity contribution is 0.246. The standard InChI is InChI=1S/C18H18N2S2/c1-2-5-14(6-3-1)17-7-4-9-20(17)11-16-13-22-18(19-16)15-8-10-21-12-15/h1-3,5-6,8,10,12-13,17H,4,7,9,11H2.